The fraction of sp³-hybridized carbons (Fsp3) is 0.222. The summed E-state index contributed by atoms with van der Waals surface area (Å²) in [5.74, 6) is 5.42. The van der Waals surface area contributed by atoms with Crippen LogP contribution in [0.4, 0.5) is 5.69 Å². The molecule has 1 atom stereocenters. The molecule has 132 valence electrons. The molecule has 0 radical (unpaired) electrons. The summed E-state index contributed by atoms with van der Waals surface area (Å²) in [4.78, 5) is 23.7. The fourth-order valence-corrected chi connectivity index (χ4v) is 2.11. The zero-order chi connectivity index (χ0) is 18.2. The van der Waals surface area contributed by atoms with Crippen LogP contribution in [0, 0.1) is 0 Å². The molecule has 0 spiro atoms. The lowest BCUT2D eigenvalue weighted by Gasteiger charge is -2.13. The van der Waals surface area contributed by atoms with Crippen molar-refractivity contribution in [1.82, 2.24) is 5.43 Å². The number of hydrogen-bond donors (Lipinski definition) is 3. The molecule has 0 unspecified atom stereocenters. The van der Waals surface area contributed by atoms with E-state index < -0.39 is 12.0 Å². The van der Waals surface area contributed by atoms with Gasteiger partial charge in [-0.1, -0.05) is 12.1 Å². The van der Waals surface area contributed by atoms with Gasteiger partial charge in [-0.05, 0) is 50.2 Å². The number of rotatable bonds is 7. The number of hydrogen-bond acceptors (Lipinski definition) is 5. The third-order valence-corrected chi connectivity index (χ3v) is 3.38. The van der Waals surface area contributed by atoms with E-state index in [-0.39, 0.29) is 5.91 Å². The van der Waals surface area contributed by atoms with Crippen molar-refractivity contribution < 1.29 is 19.1 Å². The van der Waals surface area contributed by atoms with E-state index in [1.165, 1.54) is 0 Å². The highest BCUT2D eigenvalue weighted by Gasteiger charge is 2.14. The Kier molecular flexibility index (Phi) is 6.36. The van der Waals surface area contributed by atoms with E-state index in [9.17, 15) is 9.59 Å². The van der Waals surface area contributed by atoms with Crippen LogP contribution in [0.1, 0.15) is 24.2 Å². The molecule has 4 N–H and O–H groups in total. The van der Waals surface area contributed by atoms with Gasteiger partial charge in [-0.25, -0.2) is 5.84 Å². The van der Waals surface area contributed by atoms with Crippen LogP contribution in [0.3, 0.4) is 0 Å². The lowest BCUT2D eigenvalue weighted by atomic mass is 10.2. The van der Waals surface area contributed by atoms with Gasteiger partial charge in [0.15, 0.2) is 6.10 Å². The van der Waals surface area contributed by atoms with Crippen LogP contribution in [0.5, 0.6) is 11.5 Å². The normalized spacial score (nSPS) is 11.3. The van der Waals surface area contributed by atoms with Crippen molar-refractivity contribution in [3.63, 3.8) is 0 Å². The first kappa shape index (κ1) is 18.3. The number of carbonyl (C=O) groups is 2. The predicted octanol–water partition coefficient (Wildman–Crippen LogP) is 2.09. The van der Waals surface area contributed by atoms with Crippen molar-refractivity contribution in [2.45, 2.75) is 20.0 Å². The molecule has 2 aromatic rings. The Hall–Kier alpha value is -3.06. The van der Waals surface area contributed by atoms with Crippen molar-refractivity contribution in [2.75, 3.05) is 11.9 Å². The molecule has 0 bridgehead atoms. The summed E-state index contributed by atoms with van der Waals surface area (Å²) in [5.41, 5.74) is 3.07. The summed E-state index contributed by atoms with van der Waals surface area (Å²) < 4.78 is 10.9. The number of anilines is 1. The van der Waals surface area contributed by atoms with Crippen molar-refractivity contribution >= 4 is 17.5 Å². The molecule has 0 aliphatic rings. The molecule has 0 saturated carbocycles. The van der Waals surface area contributed by atoms with E-state index in [2.05, 4.69) is 5.32 Å². The molecular weight excluding hydrogens is 322 g/mol. The van der Waals surface area contributed by atoms with Gasteiger partial charge in [0.2, 0.25) is 0 Å². The van der Waals surface area contributed by atoms with Gasteiger partial charge in [-0.15, -0.1) is 0 Å². The van der Waals surface area contributed by atoms with Crippen LogP contribution < -0.4 is 26.1 Å². The number of carbonyl (C=O) groups excluding carboxylic acids is 2. The predicted molar refractivity (Wildman–Crippen MR) is 94.4 cm³/mol. The molecular formula is C18H21N3O4. The second kappa shape index (κ2) is 8.70. The zero-order valence-corrected chi connectivity index (χ0v) is 14.1. The number of para-hydroxylation sites is 2. The van der Waals surface area contributed by atoms with E-state index in [0.717, 1.165) is 0 Å². The van der Waals surface area contributed by atoms with Gasteiger partial charge < -0.3 is 14.8 Å². The highest BCUT2D eigenvalue weighted by Crippen LogP contribution is 2.24. The van der Waals surface area contributed by atoms with Crippen molar-refractivity contribution in [2.24, 2.45) is 5.84 Å². The Morgan fingerprint density at radius 3 is 2.44 bits per heavy atom. The average Bonchev–Trinajstić information content (AvgIpc) is 2.63. The van der Waals surface area contributed by atoms with Crippen LogP contribution >= 0.6 is 0 Å². The molecule has 0 fully saturated rings. The summed E-state index contributed by atoms with van der Waals surface area (Å²) in [5, 5.41) is 2.81. The second-order valence-corrected chi connectivity index (χ2v) is 5.18. The Balaban J connectivity index is 2.04. The topological polar surface area (TPSA) is 103 Å². The Labute approximate surface area is 146 Å². The third kappa shape index (κ3) is 4.95. The number of ether oxygens (including phenoxy) is 2. The molecule has 7 heteroatoms. The van der Waals surface area contributed by atoms with Gasteiger partial charge in [-0.3, -0.25) is 15.0 Å². The van der Waals surface area contributed by atoms with Gasteiger partial charge in [0.05, 0.1) is 12.3 Å². The Morgan fingerprint density at radius 1 is 1.12 bits per heavy atom. The number of hydrazine groups is 1. The van der Waals surface area contributed by atoms with E-state index in [0.29, 0.717) is 29.4 Å². The van der Waals surface area contributed by atoms with Crippen LogP contribution in [-0.4, -0.2) is 24.5 Å². The van der Waals surface area contributed by atoms with Crippen molar-refractivity contribution in [1.29, 1.82) is 0 Å². The van der Waals surface area contributed by atoms with Crippen LogP contribution in [-0.2, 0) is 4.79 Å². The van der Waals surface area contributed by atoms with Gasteiger partial charge in [0, 0.05) is 5.56 Å². The molecule has 0 heterocycles. The smallest absolute Gasteiger partial charge is 0.274 e. The number of nitrogens with one attached hydrogen (secondary N) is 2. The van der Waals surface area contributed by atoms with E-state index >= 15 is 0 Å². The molecule has 0 aliphatic carbocycles. The highest BCUT2D eigenvalue weighted by atomic mass is 16.5. The Morgan fingerprint density at radius 2 is 1.80 bits per heavy atom. The van der Waals surface area contributed by atoms with E-state index in [1.807, 2.05) is 24.5 Å². The molecule has 25 heavy (non-hydrogen) atoms. The lowest BCUT2D eigenvalue weighted by Crippen LogP contribution is -2.40. The Bertz CT molecular complexity index is 731. The molecule has 2 rings (SSSR count). The quantitative estimate of drug-likeness (QED) is 0.406. The van der Waals surface area contributed by atoms with Crippen LogP contribution in [0.25, 0.3) is 0 Å². The van der Waals surface area contributed by atoms with E-state index in [4.69, 9.17) is 15.3 Å². The second-order valence-electron chi connectivity index (χ2n) is 5.18. The van der Waals surface area contributed by atoms with E-state index in [1.54, 1.807) is 43.3 Å². The summed E-state index contributed by atoms with van der Waals surface area (Å²) in [6, 6.07) is 13.7. The van der Waals surface area contributed by atoms with Gasteiger partial charge >= 0.3 is 0 Å². The molecule has 0 aliphatic heterocycles. The van der Waals surface area contributed by atoms with Crippen LogP contribution in [0.2, 0.25) is 0 Å². The largest absolute Gasteiger partial charge is 0.492 e. The number of nitrogens with two attached hydrogens (primary N) is 1. The number of benzene rings is 2. The third-order valence-electron chi connectivity index (χ3n) is 3.38. The molecule has 2 aromatic carbocycles. The summed E-state index contributed by atoms with van der Waals surface area (Å²) in [6.07, 6.45) is -0.734. The first-order chi connectivity index (χ1) is 12.0. The average molecular weight is 343 g/mol. The van der Waals surface area contributed by atoms with Gasteiger partial charge in [-0.2, -0.15) is 0 Å². The molecule has 0 aromatic heterocycles. The van der Waals surface area contributed by atoms with Gasteiger partial charge in [0.1, 0.15) is 11.5 Å². The molecule has 0 saturated heterocycles. The van der Waals surface area contributed by atoms with Crippen molar-refractivity contribution in [3.05, 3.63) is 54.1 Å². The highest BCUT2D eigenvalue weighted by molar-refractivity contribution is 6.05. The first-order valence-corrected chi connectivity index (χ1v) is 7.85. The minimum Gasteiger partial charge on any atom is -0.492 e. The summed E-state index contributed by atoms with van der Waals surface area (Å²) in [6.45, 7) is 3.96. The monoisotopic (exact) mass is 343 g/mol. The minimum absolute atomic E-state index is 0.272. The maximum Gasteiger partial charge on any atom is 0.274 e. The maximum absolute atomic E-state index is 12.4. The van der Waals surface area contributed by atoms with Crippen LogP contribution in [0.15, 0.2) is 48.5 Å². The SMILES string of the molecule is CCOc1ccccc1NC(=O)c1ccc(O[C@H](C)C(=O)NN)cc1. The summed E-state index contributed by atoms with van der Waals surface area (Å²) >= 11 is 0. The maximum atomic E-state index is 12.4. The molecule has 2 amide bonds. The summed E-state index contributed by atoms with van der Waals surface area (Å²) in [7, 11) is 0. The molecule has 7 nitrogen and oxygen atoms in total. The zero-order valence-electron chi connectivity index (χ0n) is 14.1. The minimum atomic E-state index is -0.734. The first-order valence-electron chi connectivity index (χ1n) is 7.85. The van der Waals surface area contributed by atoms with Crippen molar-refractivity contribution in [3.8, 4) is 11.5 Å². The standard InChI is InChI=1S/C18H21N3O4/c1-3-24-16-7-5-4-6-15(16)20-18(23)13-8-10-14(11-9-13)25-12(2)17(22)21-19/h4-12H,3,19H2,1-2H3,(H,20,23)(H,21,22)/t12-/m1/s1. The lowest BCUT2D eigenvalue weighted by molar-refractivity contribution is -0.127. The fourth-order valence-electron chi connectivity index (χ4n) is 2.11. The number of amides is 2. The van der Waals surface area contributed by atoms with Gasteiger partial charge in [0.25, 0.3) is 11.8 Å².